The molecule has 0 rings (SSSR count). The monoisotopic (exact) mass is 1130 g/mol. The molecular weight excluding hydrogens is 997 g/mol. The number of carbonyl (C=O) groups excluding carboxylic acids is 3. The van der Waals surface area contributed by atoms with Gasteiger partial charge in [-0.15, -0.1) is 0 Å². The number of carbonyl (C=O) groups is 3. The third-order valence-electron chi connectivity index (χ3n) is 15.4. The van der Waals surface area contributed by atoms with Crippen LogP contribution in [0, 0.1) is 0 Å². The molecule has 0 aromatic rings. The van der Waals surface area contributed by atoms with E-state index < -0.39 is 6.10 Å². The third kappa shape index (κ3) is 67.3. The fourth-order valence-corrected chi connectivity index (χ4v) is 10.2. The molecule has 468 valence electrons. The van der Waals surface area contributed by atoms with Crippen molar-refractivity contribution in [1.29, 1.82) is 0 Å². The van der Waals surface area contributed by atoms with E-state index in [2.05, 4.69) is 106 Å². The van der Waals surface area contributed by atoms with Crippen molar-refractivity contribution in [3.8, 4) is 0 Å². The number of allylic oxidation sites excluding steroid dienone is 14. The van der Waals surface area contributed by atoms with E-state index in [4.69, 9.17) is 14.2 Å². The van der Waals surface area contributed by atoms with Crippen molar-refractivity contribution in [1.82, 2.24) is 0 Å². The predicted octanol–water partition coefficient (Wildman–Crippen LogP) is 24.2. The number of esters is 3. The molecule has 0 bridgehead atoms. The fourth-order valence-electron chi connectivity index (χ4n) is 10.2. The summed E-state index contributed by atoms with van der Waals surface area (Å²) in [6, 6.07) is 0. The Balaban J connectivity index is 4.35. The first kappa shape index (κ1) is 77.6. The minimum atomic E-state index is -0.782. The Hall–Kier alpha value is -3.41. The zero-order chi connectivity index (χ0) is 58.5. The highest BCUT2D eigenvalue weighted by molar-refractivity contribution is 5.71. The van der Waals surface area contributed by atoms with Gasteiger partial charge in [-0.1, -0.05) is 324 Å². The van der Waals surface area contributed by atoms with E-state index in [1.165, 1.54) is 212 Å². The number of rotatable bonds is 64. The van der Waals surface area contributed by atoms with Gasteiger partial charge in [0.1, 0.15) is 13.2 Å². The number of ether oxygens (including phenoxy) is 3. The van der Waals surface area contributed by atoms with Crippen molar-refractivity contribution in [3.63, 3.8) is 0 Å². The molecule has 0 saturated carbocycles. The van der Waals surface area contributed by atoms with Crippen LogP contribution >= 0.6 is 0 Å². The lowest BCUT2D eigenvalue weighted by molar-refractivity contribution is -0.167. The molecule has 6 nitrogen and oxygen atoms in total. The highest BCUT2D eigenvalue weighted by atomic mass is 16.6. The fraction of sp³-hybridized carbons (Fsp3) is 0.773. The van der Waals surface area contributed by atoms with Crippen LogP contribution in [0.25, 0.3) is 0 Å². The molecule has 0 N–H and O–H groups in total. The molecule has 0 aromatic heterocycles. The Morgan fingerprint density at radius 2 is 0.481 bits per heavy atom. The van der Waals surface area contributed by atoms with E-state index in [1.807, 2.05) is 0 Å². The van der Waals surface area contributed by atoms with E-state index >= 15 is 0 Å². The molecule has 0 fully saturated rings. The topological polar surface area (TPSA) is 78.9 Å². The molecule has 0 saturated heterocycles. The summed E-state index contributed by atoms with van der Waals surface area (Å²) < 4.78 is 17.0. The summed E-state index contributed by atoms with van der Waals surface area (Å²) in [4.78, 5) is 38.5. The molecule has 6 heteroatoms. The van der Waals surface area contributed by atoms with Crippen LogP contribution in [0.4, 0.5) is 0 Å². The summed E-state index contributed by atoms with van der Waals surface area (Å²) in [5.41, 5.74) is 0. The molecule has 0 aliphatic carbocycles. The van der Waals surface area contributed by atoms with Gasteiger partial charge in [0.25, 0.3) is 0 Å². The van der Waals surface area contributed by atoms with Crippen LogP contribution in [0.15, 0.2) is 85.1 Å². The van der Waals surface area contributed by atoms with Crippen LogP contribution in [-0.2, 0) is 28.6 Å². The maximum absolute atomic E-state index is 13.0. The average molecular weight is 1130 g/mol. The summed E-state index contributed by atoms with van der Waals surface area (Å²) >= 11 is 0. The first-order chi connectivity index (χ1) is 40.0. The SMILES string of the molecule is CC/C=C\C/C=C\C/C=C\C/C=C\C/C=C\C/C=C\CCCCCCCCCCC(=O)OCC(COC(=O)CCCCCCCCC/C=C\CCCCCCCC)OC(=O)CCCCCCCCCCCCCCCCCCCCC. The molecule has 0 radical (unpaired) electrons. The third-order valence-corrected chi connectivity index (χ3v) is 15.4. The Kier molecular flexibility index (Phi) is 66.2. The van der Waals surface area contributed by atoms with Crippen molar-refractivity contribution >= 4 is 17.9 Å². The average Bonchev–Trinajstić information content (AvgIpc) is 3.47. The minimum absolute atomic E-state index is 0.0775. The number of hydrogen-bond acceptors (Lipinski definition) is 6. The lowest BCUT2D eigenvalue weighted by Gasteiger charge is -2.18. The van der Waals surface area contributed by atoms with Crippen LogP contribution in [0.5, 0.6) is 0 Å². The first-order valence-corrected chi connectivity index (χ1v) is 35.1. The lowest BCUT2D eigenvalue weighted by Crippen LogP contribution is -2.30. The molecule has 0 aliphatic rings. The van der Waals surface area contributed by atoms with Crippen LogP contribution in [-0.4, -0.2) is 37.2 Å². The quantitative estimate of drug-likeness (QED) is 0.0261. The van der Waals surface area contributed by atoms with Gasteiger partial charge < -0.3 is 14.2 Å². The van der Waals surface area contributed by atoms with E-state index in [0.29, 0.717) is 19.3 Å². The molecule has 0 aliphatic heterocycles. The zero-order valence-electron chi connectivity index (χ0n) is 53.8. The normalized spacial score (nSPS) is 12.6. The summed E-state index contributed by atoms with van der Waals surface area (Å²) in [6.45, 7) is 6.57. The van der Waals surface area contributed by atoms with Gasteiger partial charge in [0.05, 0.1) is 0 Å². The molecular formula is C75H132O6. The van der Waals surface area contributed by atoms with Gasteiger partial charge in [-0.25, -0.2) is 0 Å². The summed E-state index contributed by atoms with van der Waals surface area (Å²) in [6.07, 6.45) is 91.7. The second-order valence-corrected chi connectivity index (χ2v) is 23.4. The Labute approximate surface area is 503 Å². The van der Waals surface area contributed by atoms with Gasteiger partial charge in [-0.3, -0.25) is 14.4 Å². The van der Waals surface area contributed by atoms with Gasteiger partial charge in [0.2, 0.25) is 0 Å². The molecule has 1 unspecified atom stereocenters. The Bertz CT molecular complexity index is 1530. The molecule has 0 amide bonds. The van der Waals surface area contributed by atoms with Gasteiger partial charge >= 0.3 is 17.9 Å². The Morgan fingerprint density at radius 1 is 0.259 bits per heavy atom. The van der Waals surface area contributed by atoms with Crippen LogP contribution < -0.4 is 0 Å². The molecule has 0 spiro atoms. The van der Waals surface area contributed by atoms with Crippen molar-refractivity contribution in [2.45, 2.75) is 361 Å². The second kappa shape index (κ2) is 69.1. The summed E-state index contributed by atoms with van der Waals surface area (Å²) in [7, 11) is 0. The minimum Gasteiger partial charge on any atom is -0.462 e. The van der Waals surface area contributed by atoms with Crippen molar-refractivity contribution in [3.05, 3.63) is 85.1 Å². The standard InChI is InChI=1S/C75H132O6/c1-4-7-10-13-16-19-22-25-28-31-33-34-35-36-37-38-39-40-42-44-47-50-53-56-59-62-65-68-74(77)80-71-72(70-79-73(76)67-64-61-58-55-52-49-46-43-30-27-24-21-18-15-12-9-6-3)81-75(78)69-66-63-60-57-54-51-48-45-41-32-29-26-23-20-17-14-11-8-5-2/h7,10,16,19,25,27-28,30,33-34,36-37,39-40,72H,4-6,8-9,11-15,17-18,20-24,26,29,31-32,35,38,41-71H2,1-3H3/b10-7-,19-16-,28-25-,30-27-,34-33-,37-36-,40-39-. The number of unbranched alkanes of at least 4 members (excludes halogenated alkanes) is 39. The van der Waals surface area contributed by atoms with E-state index in [0.717, 1.165) is 103 Å². The van der Waals surface area contributed by atoms with Gasteiger partial charge in [-0.2, -0.15) is 0 Å². The van der Waals surface area contributed by atoms with Crippen molar-refractivity contribution < 1.29 is 28.6 Å². The maximum Gasteiger partial charge on any atom is 0.306 e. The number of hydrogen-bond donors (Lipinski definition) is 0. The van der Waals surface area contributed by atoms with E-state index in [-0.39, 0.29) is 31.1 Å². The van der Waals surface area contributed by atoms with Gasteiger partial charge in [-0.05, 0) is 96.3 Å². The molecule has 1 atom stereocenters. The van der Waals surface area contributed by atoms with Crippen LogP contribution in [0.2, 0.25) is 0 Å². The van der Waals surface area contributed by atoms with Crippen molar-refractivity contribution in [2.24, 2.45) is 0 Å². The summed E-state index contributed by atoms with van der Waals surface area (Å²) in [5.74, 6) is -0.869. The van der Waals surface area contributed by atoms with Crippen molar-refractivity contribution in [2.75, 3.05) is 13.2 Å². The summed E-state index contributed by atoms with van der Waals surface area (Å²) in [5, 5.41) is 0. The second-order valence-electron chi connectivity index (χ2n) is 23.4. The van der Waals surface area contributed by atoms with Crippen LogP contribution in [0.3, 0.4) is 0 Å². The molecule has 81 heavy (non-hydrogen) atoms. The Morgan fingerprint density at radius 3 is 0.765 bits per heavy atom. The predicted molar refractivity (Wildman–Crippen MR) is 353 cm³/mol. The highest BCUT2D eigenvalue weighted by Crippen LogP contribution is 2.17. The van der Waals surface area contributed by atoms with Crippen LogP contribution in [0.1, 0.15) is 355 Å². The molecule has 0 heterocycles. The van der Waals surface area contributed by atoms with Gasteiger partial charge in [0.15, 0.2) is 6.10 Å². The smallest absolute Gasteiger partial charge is 0.306 e. The highest BCUT2D eigenvalue weighted by Gasteiger charge is 2.19. The zero-order valence-corrected chi connectivity index (χ0v) is 53.8. The lowest BCUT2D eigenvalue weighted by atomic mass is 10.0. The van der Waals surface area contributed by atoms with E-state index in [1.54, 1.807) is 0 Å². The maximum atomic E-state index is 13.0. The molecule has 0 aromatic carbocycles. The van der Waals surface area contributed by atoms with Gasteiger partial charge in [0, 0.05) is 19.3 Å². The van der Waals surface area contributed by atoms with E-state index in [9.17, 15) is 14.4 Å². The first-order valence-electron chi connectivity index (χ1n) is 35.1. The largest absolute Gasteiger partial charge is 0.462 e.